The SMILES string of the molecule is CCc1ccc(Oc2ccc(NCCCO)cc2F)c(O)c1. The number of aliphatic hydroxyl groups is 1. The maximum Gasteiger partial charge on any atom is 0.169 e. The quantitative estimate of drug-likeness (QED) is 0.683. The predicted molar refractivity (Wildman–Crippen MR) is 84.2 cm³/mol. The molecule has 2 rings (SSSR count). The van der Waals surface area contributed by atoms with Crippen LogP contribution in [0.1, 0.15) is 18.9 Å². The molecule has 4 nitrogen and oxygen atoms in total. The molecule has 0 aliphatic heterocycles. The van der Waals surface area contributed by atoms with Gasteiger partial charge < -0.3 is 20.3 Å². The highest BCUT2D eigenvalue weighted by molar-refractivity contribution is 5.50. The minimum absolute atomic E-state index is 0.0103. The molecule has 0 aliphatic carbocycles. The molecule has 0 amide bonds. The second-order valence-corrected chi connectivity index (χ2v) is 4.91. The van der Waals surface area contributed by atoms with Crippen LogP contribution in [0.15, 0.2) is 36.4 Å². The van der Waals surface area contributed by atoms with E-state index in [0.717, 1.165) is 12.0 Å². The number of aliphatic hydroxyl groups excluding tert-OH is 1. The Kier molecular flexibility index (Phi) is 5.61. The Morgan fingerprint density at radius 3 is 2.55 bits per heavy atom. The number of phenols is 1. The van der Waals surface area contributed by atoms with Crippen LogP contribution in [0, 0.1) is 5.82 Å². The molecule has 2 aromatic rings. The van der Waals surface area contributed by atoms with Gasteiger partial charge in [0, 0.05) is 24.9 Å². The van der Waals surface area contributed by atoms with Gasteiger partial charge in [0.1, 0.15) is 0 Å². The van der Waals surface area contributed by atoms with E-state index in [4.69, 9.17) is 9.84 Å². The normalized spacial score (nSPS) is 10.5. The summed E-state index contributed by atoms with van der Waals surface area (Å²) in [6, 6.07) is 9.58. The first-order valence-electron chi connectivity index (χ1n) is 7.28. The Labute approximate surface area is 129 Å². The van der Waals surface area contributed by atoms with Crippen LogP contribution < -0.4 is 10.1 Å². The van der Waals surface area contributed by atoms with Crippen molar-refractivity contribution in [3.8, 4) is 17.2 Å². The van der Waals surface area contributed by atoms with Crippen LogP contribution in [0.5, 0.6) is 17.2 Å². The zero-order valence-electron chi connectivity index (χ0n) is 12.5. The first kappa shape index (κ1) is 16.1. The van der Waals surface area contributed by atoms with E-state index in [1.54, 1.807) is 18.2 Å². The fourth-order valence-electron chi connectivity index (χ4n) is 1.99. The van der Waals surface area contributed by atoms with Crippen LogP contribution in [-0.4, -0.2) is 23.4 Å². The van der Waals surface area contributed by atoms with Gasteiger partial charge in [0.05, 0.1) is 0 Å². The molecule has 0 spiro atoms. The van der Waals surface area contributed by atoms with E-state index >= 15 is 0 Å². The third kappa shape index (κ3) is 4.11. The molecule has 0 unspecified atom stereocenters. The molecule has 0 bridgehead atoms. The number of nitrogens with one attached hydrogen (secondary N) is 1. The van der Waals surface area contributed by atoms with Gasteiger partial charge in [-0.25, -0.2) is 4.39 Å². The minimum Gasteiger partial charge on any atom is -0.504 e. The maximum absolute atomic E-state index is 14.0. The number of hydrogen-bond acceptors (Lipinski definition) is 4. The van der Waals surface area contributed by atoms with Crippen LogP contribution >= 0.6 is 0 Å². The summed E-state index contributed by atoms with van der Waals surface area (Å²) in [5.74, 6) is -0.263. The lowest BCUT2D eigenvalue weighted by molar-refractivity contribution is 0.292. The van der Waals surface area contributed by atoms with Crippen molar-refractivity contribution in [2.75, 3.05) is 18.5 Å². The molecule has 22 heavy (non-hydrogen) atoms. The predicted octanol–water partition coefficient (Wildman–Crippen LogP) is 3.68. The first-order valence-corrected chi connectivity index (χ1v) is 7.28. The molecule has 0 radical (unpaired) electrons. The average molecular weight is 305 g/mol. The van der Waals surface area contributed by atoms with E-state index in [0.29, 0.717) is 18.7 Å². The lowest BCUT2D eigenvalue weighted by atomic mass is 10.1. The number of rotatable bonds is 7. The second-order valence-electron chi connectivity index (χ2n) is 4.91. The van der Waals surface area contributed by atoms with Crippen LogP contribution in [0.3, 0.4) is 0 Å². The summed E-state index contributed by atoms with van der Waals surface area (Å²) >= 11 is 0. The molecule has 2 aromatic carbocycles. The van der Waals surface area contributed by atoms with Gasteiger partial charge in [0.15, 0.2) is 23.1 Å². The maximum atomic E-state index is 14.0. The fraction of sp³-hybridized carbons (Fsp3) is 0.294. The third-order valence-corrected chi connectivity index (χ3v) is 3.25. The zero-order valence-corrected chi connectivity index (χ0v) is 12.5. The van der Waals surface area contributed by atoms with Gasteiger partial charge in [-0.05, 0) is 42.7 Å². The van der Waals surface area contributed by atoms with Crippen LogP contribution in [0.4, 0.5) is 10.1 Å². The van der Waals surface area contributed by atoms with Gasteiger partial charge in [0.2, 0.25) is 0 Å². The molecule has 0 saturated carbocycles. The zero-order chi connectivity index (χ0) is 15.9. The third-order valence-electron chi connectivity index (χ3n) is 3.25. The molecule has 5 heteroatoms. The van der Waals surface area contributed by atoms with E-state index in [-0.39, 0.29) is 23.9 Å². The number of hydrogen-bond donors (Lipinski definition) is 3. The molecule has 0 heterocycles. The number of aryl methyl sites for hydroxylation is 1. The molecule has 3 N–H and O–H groups in total. The Bertz CT molecular complexity index is 631. The largest absolute Gasteiger partial charge is 0.504 e. The Balaban J connectivity index is 2.09. The lowest BCUT2D eigenvalue weighted by Gasteiger charge is -2.11. The van der Waals surface area contributed by atoms with Crippen molar-refractivity contribution in [1.82, 2.24) is 0 Å². The van der Waals surface area contributed by atoms with Crippen LogP contribution in [0.2, 0.25) is 0 Å². The highest BCUT2D eigenvalue weighted by Crippen LogP contribution is 2.33. The highest BCUT2D eigenvalue weighted by atomic mass is 19.1. The minimum atomic E-state index is -0.520. The van der Waals surface area contributed by atoms with Crippen molar-refractivity contribution in [2.24, 2.45) is 0 Å². The summed E-state index contributed by atoms with van der Waals surface area (Å²) in [4.78, 5) is 0. The molecular weight excluding hydrogens is 285 g/mol. The number of anilines is 1. The van der Waals surface area contributed by atoms with Crippen molar-refractivity contribution in [3.05, 3.63) is 47.8 Å². The summed E-state index contributed by atoms with van der Waals surface area (Å²) in [7, 11) is 0. The van der Waals surface area contributed by atoms with E-state index in [1.807, 2.05) is 13.0 Å². The fourth-order valence-corrected chi connectivity index (χ4v) is 1.99. The van der Waals surface area contributed by atoms with E-state index < -0.39 is 5.82 Å². The van der Waals surface area contributed by atoms with Crippen LogP contribution in [-0.2, 0) is 6.42 Å². The molecular formula is C17H20FNO3. The number of aromatic hydroxyl groups is 1. The summed E-state index contributed by atoms with van der Waals surface area (Å²) in [5.41, 5.74) is 1.60. The van der Waals surface area contributed by atoms with Gasteiger partial charge in [-0.2, -0.15) is 0 Å². The Morgan fingerprint density at radius 1 is 1.14 bits per heavy atom. The van der Waals surface area contributed by atoms with Crippen molar-refractivity contribution < 1.29 is 19.3 Å². The number of benzene rings is 2. The Hall–Kier alpha value is -2.27. The number of ether oxygens (including phenoxy) is 1. The standard InChI is InChI=1S/C17H20FNO3/c1-2-12-4-6-17(15(21)10-12)22-16-7-5-13(11-14(16)18)19-8-3-9-20/h4-7,10-11,19-21H,2-3,8-9H2,1H3. The number of phenolic OH excluding ortho intramolecular Hbond substituents is 1. The van der Waals surface area contributed by atoms with E-state index in [9.17, 15) is 9.50 Å². The van der Waals surface area contributed by atoms with Gasteiger partial charge >= 0.3 is 0 Å². The molecule has 118 valence electrons. The molecule has 0 aromatic heterocycles. The van der Waals surface area contributed by atoms with Crippen molar-refractivity contribution >= 4 is 5.69 Å². The summed E-state index contributed by atoms with van der Waals surface area (Å²) in [6.45, 7) is 2.64. The van der Waals surface area contributed by atoms with Gasteiger partial charge in [0.25, 0.3) is 0 Å². The van der Waals surface area contributed by atoms with Crippen molar-refractivity contribution in [2.45, 2.75) is 19.8 Å². The van der Waals surface area contributed by atoms with Crippen LogP contribution in [0.25, 0.3) is 0 Å². The van der Waals surface area contributed by atoms with Crippen molar-refractivity contribution in [3.63, 3.8) is 0 Å². The topological polar surface area (TPSA) is 61.7 Å². The smallest absolute Gasteiger partial charge is 0.169 e. The van der Waals surface area contributed by atoms with Gasteiger partial charge in [-0.3, -0.25) is 0 Å². The second kappa shape index (κ2) is 7.66. The molecule has 0 saturated heterocycles. The first-order chi connectivity index (χ1) is 10.6. The average Bonchev–Trinajstić information content (AvgIpc) is 2.51. The lowest BCUT2D eigenvalue weighted by Crippen LogP contribution is -2.03. The Morgan fingerprint density at radius 2 is 1.91 bits per heavy atom. The summed E-state index contributed by atoms with van der Waals surface area (Å²) in [5, 5.41) is 21.6. The van der Waals surface area contributed by atoms with Gasteiger partial charge in [-0.15, -0.1) is 0 Å². The highest BCUT2D eigenvalue weighted by Gasteiger charge is 2.09. The van der Waals surface area contributed by atoms with Gasteiger partial charge in [-0.1, -0.05) is 13.0 Å². The molecule has 0 atom stereocenters. The van der Waals surface area contributed by atoms with E-state index in [1.165, 1.54) is 12.1 Å². The summed E-state index contributed by atoms with van der Waals surface area (Å²) in [6.07, 6.45) is 1.40. The van der Waals surface area contributed by atoms with Crippen molar-refractivity contribution in [1.29, 1.82) is 0 Å². The number of halogens is 1. The monoisotopic (exact) mass is 305 g/mol. The molecule has 0 aliphatic rings. The molecule has 0 fully saturated rings. The summed E-state index contributed by atoms with van der Waals surface area (Å²) < 4.78 is 19.5. The van der Waals surface area contributed by atoms with E-state index in [2.05, 4.69) is 5.32 Å².